The van der Waals surface area contributed by atoms with Gasteiger partial charge in [0.15, 0.2) is 11.5 Å². The highest BCUT2D eigenvalue weighted by Gasteiger charge is 2.47. The molecule has 1 heterocycles. The molecule has 3 rings (SSSR count). The molecule has 0 aliphatic carbocycles. The Morgan fingerprint density at radius 3 is 2.42 bits per heavy atom. The summed E-state index contributed by atoms with van der Waals surface area (Å²) < 4.78 is 46.1. The van der Waals surface area contributed by atoms with Gasteiger partial charge in [-0.15, -0.1) is 0 Å². The Morgan fingerprint density at radius 1 is 1.08 bits per heavy atom. The van der Waals surface area contributed by atoms with Gasteiger partial charge in [-0.2, -0.15) is 14.0 Å². The number of ether oxygens (including phenoxy) is 3. The zero-order valence-corrected chi connectivity index (χ0v) is 21.1. The fraction of sp³-hybridized carbons (Fsp3) is 0.423. The van der Waals surface area contributed by atoms with Gasteiger partial charge in [-0.05, 0) is 57.5 Å². The van der Waals surface area contributed by atoms with E-state index < -0.39 is 23.1 Å². The molecule has 0 aliphatic heterocycles. The molecule has 10 heteroatoms. The summed E-state index contributed by atoms with van der Waals surface area (Å²) in [6, 6.07) is 8.79. The molecule has 8 nitrogen and oxygen atoms in total. The monoisotopic (exact) mass is 500 g/mol. The molecule has 0 radical (unpaired) electrons. The van der Waals surface area contributed by atoms with Gasteiger partial charge in [-0.1, -0.05) is 0 Å². The number of nitrogens with one attached hydrogen (secondary N) is 1. The number of rotatable bonds is 10. The minimum atomic E-state index is -3.57. The standard InChI is InChI=1S/C26H30F2N4O4/c1-15(18-9-17(14-29)10-19(11-18)26(27,28)25(3,4)33)30-24-20-12-23(36-8-7-34-5)22(35-6)13-21(20)31-16(2)32-24/h9-13,15,33H,7-8H2,1-6H3,(H,30,31,32)/t15-/m1/s1. The van der Waals surface area contributed by atoms with Crippen LogP contribution in [-0.2, 0) is 10.7 Å². The van der Waals surface area contributed by atoms with Gasteiger partial charge < -0.3 is 24.6 Å². The third-order valence-corrected chi connectivity index (χ3v) is 5.71. The predicted octanol–water partition coefficient (Wildman–Crippen LogP) is 4.88. The highest BCUT2D eigenvalue weighted by atomic mass is 19.3. The van der Waals surface area contributed by atoms with Crippen LogP contribution >= 0.6 is 0 Å². The third kappa shape index (κ3) is 5.64. The summed E-state index contributed by atoms with van der Waals surface area (Å²) in [6.07, 6.45) is 0. The maximum atomic E-state index is 14.9. The van der Waals surface area contributed by atoms with Crippen molar-refractivity contribution in [2.45, 2.75) is 45.3 Å². The lowest BCUT2D eigenvalue weighted by molar-refractivity contribution is -0.168. The molecule has 0 saturated carbocycles. The highest BCUT2D eigenvalue weighted by molar-refractivity contribution is 5.92. The van der Waals surface area contributed by atoms with Crippen LogP contribution in [0.3, 0.4) is 0 Å². The van der Waals surface area contributed by atoms with E-state index in [4.69, 9.17) is 14.2 Å². The average molecular weight is 501 g/mol. The Kier molecular flexibility index (Phi) is 7.96. The Balaban J connectivity index is 2.05. The van der Waals surface area contributed by atoms with Crippen molar-refractivity contribution < 1.29 is 28.1 Å². The van der Waals surface area contributed by atoms with Gasteiger partial charge in [0, 0.05) is 24.1 Å². The molecular weight excluding hydrogens is 470 g/mol. The number of alkyl halides is 2. The van der Waals surface area contributed by atoms with Gasteiger partial charge in [-0.3, -0.25) is 0 Å². The summed E-state index contributed by atoms with van der Waals surface area (Å²) in [5.41, 5.74) is -1.66. The Bertz CT molecular complexity index is 1290. The summed E-state index contributed by atoms with van der Waals surface area (Å²) in [6.45, 7) is 6.27. The van der Waals surface area contributed by atoms with Crippen molar-refractivity contribution in [1.29, 1.82) is 5.26 Å². The molecule has 0 bridgehead atoms. The van der Waals surface area contributed by atoms with Crippen LogP contribution in [0.15, 0.2) is 30.3 Å². The average Bonchev–Trinajstić information content (AvgIpc) is 2.82. The Morgan fingerprint density at radius 2 is 1.81 bits per heavy atom. The lowest BCUT2D eigenvalue weighted by Gasteiger charge is -2.30. The maximum Gasteiger partial charge on any atom is 0.300 e. The van der Waals surface area contributed by atoms with Crippen molar-refractivity contribution in [3.63, 3.8) is 0 Å². The molecule has 2 aromatic carbocycles. The molecular formula is C26H30F2N4O4. The minimum absolute atomic E-state index is 0.0577. The fourth-order valence-electron chi connectivity index (χ4n) is 3.66. The molecule has 36 heavy (non-hydrogen) atoms. The van der Waals surface area contributed by atoms with Gasteiger partial charge >= 0.3 is 5.92 Å². The van der Waals surface area contributed by atoms with Crippen LogP contribution in [0.1, 0.15) is 49.3 Å². The molecule has 3 aromatic rings. The van der Waals surface area contributed by atoms with Gasteiger partial charge in [0.05, 0.1) is 36.9 Å². The van der Waals surface area contributed by atoms with Crippen LogP contribution in [0.4, 0.5) is 14.6 Å². The number of hydrogen-bond acceptors (Lipinski definition) is 8. The molecule has 1 atom stereocenters. The molecule has 0 spiro atoms. The molecule has 0 fully saturated rings. The second-order valence-electron chi connectivity index (χ2n) is 8.94. The maximum absolute atomic E-state index is 14.9. The molecule has 192 valence electrons. The number of hydrogen-bond donors (Lipinski definition) is 2. The van der Waals surface area contributed by atoms with E-state index in [1.165, 1.54) is 19.2 Å². The largest absolute Gasteiger partial charge is 0.493 e. The van der Waals surface area contributed by atoms with Crippen LogP contribution in [0.5, 0.6) is 11.5 Å². The molecule has 1 aromatic heterocycles. The van der Waals surface area contributed by atoms with Gasteiger partial charge in [0.1, 0.15) is 23.9 Å². The first-order valence-electron chi connectivity index (χ1n) is 11.3. The predicted molar refractivity (Wildman–Crippen MR) is 132 cm³/mol. The molecule has 0 amide bonds. The number of nitrogens with zero attached hydrogens (tertiary/aromatic N) is 3. The zero-order chi connectivity index (χ0) is 26.7. The lowest BCUT2D eigenvalue weighted by atomic mass is 9.90. The second kappa shape index (κ2) is 10.6. The van der Waals surface area contributed by atoms with E-state index in [1.54, 1.807) is 33.1 Å². The number of nitriles is 1. The van der Waals surface area contributed by atoms with E-state index >= 15 is 0 Å². The number of halogens is 2. The van der Waals surface area contributed by atoms with E-state index in [1.807, 2.05) is 6.07 Å². The second-order valence-corrected chi connectivity index (χ2v) is 8.94. The summed E-state index contributed by atoms with van der Waals surface area (Å²) >= 11 is 0. The van der Waals surface area contributed by atoms with Gasteiger partial charge in [0.2, 0.25) is 0 Å². The van der Waals surface area contributed by atoms with E-state index in [9.17, 15) is 19.1 Å². The Labute approximate surface area is 208 Å². The van der Waals surface area contributed by atoms with Crippen molar-refractivity contribution in [2.24, 2.45) is 0 Å². The van der Waals surface area contributed by atoms with Crippen LogP contribution in [0, 0.1) is 18.3 Å². The van der Waals surface area contributed by atoms with E-state index in [2.05, 4.69) is 15.3 Å². The summed E-state index contributed by atoms with van der Waals surface area (Å²) in [7, 11) is 3.11. The Hall–Kier alpha value is -3.55. The first-order chi connectivity index (χ1) is 16.9. The molecule has 2 N–H and O–H groups in total. The van der Waals surface area contributed by atoms with Crippen molar-refractivity contribution >= 4 is 16.7 Å². The smallest absolute Gasteiger partial charge is 0.300 e. The third-order valence-electron chi connectivity index (χ3n) is 5.71. The van der Waals surface area contributed by atoms with Crippen molar-refractivity contribution in [3.8, 4) is 17.6 Å². The van der Waals surface area contributed by atoms with Crippen LogP contribution in [0.25, 0.3) is 10.9 Å². The van der Waals surface area contributed by atoms with Gasteiger partial charge in [-0.25, -0.2) is 9.97 Å². The highest BCUT2D eigenvalue weighted by Crippen LogP contribution is 2.40. The first-order valence-corrected chi connectivity index (χ1v) is 11.3. The quantitative estimate of drug-likeness (QED) is 0.379. The van der Waals surface area contributed by atoms with Crippen molar-refractivity contribution in [3.05, 3.63) is 52.8 Å². The van der Waals surface area contributed by atoms with E-state index in [-0.39, 0.29) is 5.56 Å². The molecule has 0 unspecified atom stereocenters. The minimum Gasteiger partial charge on any atom is -0.493 e. The summed E-state index contributed by atoms with van der Waals surface area (Å²) in [4.78, 5) is 9.00. The number of benzene rings is 2. The van der Waals surface area contributed by atoms with Crippen LogP contribution in [-0.4, -0.2) is 48.1 Å². The van der Waals surface area contributed by atoms with E-state index in [0.29, 0.717) is 52.8 Å². The molecule has 0 saturated heterocycles. The fourth-order valence-corrected chi connectivity index (χ4v) is 3.66. The number of aromatic nitrogens is 2. The first kappa shape index (κ1) is 27.0. The number of aliphatic hydroxyl groups is 1. The SMILES string of the molecule is COCCOc1cc2c(N[C@H](C)c3cc(C#N)cc(C(F)(F)C(C)(C)O)c3)nc(C)nc2cc1OC. The normalized spacial score (nSPS) is 12.8. The van der Waals surface area contributed by atoms with Gasteiger partial charge in [0.25, 0.3) is 0 Å². The number of anilines is 1. The zero-order valence-electron chi connectivity index (χ0n) is 21.1. The molecule has 0 aliphatic rings. The number of aryl methyl sites for hydroxylation is 1. The van der Waals surface area contributed by atoms with Crippen molar-refractivity contribution in [1.82, 2.24) is 9.97 Å². The number of methoxy groups -OCH3 is 2. The summed E-state index contributed by atoms with van der Waals surface area (Å²) in [5, 5.41) is 23.4. The van der Waals surface area contributed by atoms with E-state index in [0.717, 1.165) is 19.9 Å². The summed E-state index contributed by atoms with van der Waals surface area (Å²) in [5.74, 6) is -1.65. The lowest BCUT2D eigenvalue weighted by Crippen LogP contribution is -2.40. The van der Waals surface area contributed by atoms with Crippen LogP contribution in [0.2, 0.25) is 0 Å². The van der Waals surface area contributed by atoms with Crippen molar-refractivity contribution in [2.75, 3.05) is 32.8 Å². The topological polar surface area (TPSA) is 110 Å². The number of fused-ring (bicyclic) bond motifs is 1. The van der Waals surface area contributed by atoms with Crippen LogP contribution < -0.4 is 14.8 Å².